The number of benzene rings is 4. The van der Waals surface area contributed by atoms with Crippen molar-refractivity contribution in [1.29, 1.82) is 0 Å². The van der Waals surface area contributed by atoms with Crippen LogP contribution >= 0.6 is 0 Å². The Hall–Kier alpha value is -4.34. The summed E-state index contributed by atoms with van der Waals surface area (Å²) in [6.07, 6.45) is 0. The van der Waals surface area contributed by atoms with Crippen molar-refractivity contribution < 1.29 is 73.1 Å². The van der Waals surface area contributed by atoms with Gasteiger partial charge in [-0.15, -0.1) is 0 Å². The maximum Gasteiger partial charge on any atom is 0.534 e. The molecule has 0 aromatic heterocycles. The predicted octanol–water partition coefficient (Wildman–Crippen LogP) is 5.60. The van der Waals surface area contributed by atoms with Crippen molar-refractivity contribution in [2.75, 3.05) is 0 Å². The zero-order valence-corrected chi connectivity index (χ0v) is 25.9. The predicted molar refractivity (Wildman–Crippen MR) is 148 cm³/mol. The summed E-state index contributed by atoms with van der Waals surface area (Å²) in [4.78, 5) is -2.06. The van der Waals surface area contributed by atoms with Crippen LogP contribution < -0.4 is 13.1 Å². The van der Waals surface area contributed by atoms with Crippen molar-refractivity contribution in [2.24, 2.45) is 0 Å². The number of rotatable bonds is 10. The lowest BCUT2D eigenvalue weighted by Gasteiger charge is -2.12. The molecule has 0 saturated heterocycles. The van der Waals surface area contributed by atoms with Gasteiger partial charge in [-0.25, -0.2) is 16.8 Å². The summed E-state index contributed by atoms with van der Waals surface area (Å²) in [5.41, 5.74) is -11.5. The van der Waals surface area contributed by atoms with Gasteiger partial charge in [0.15, 0.2) is 0 Å². The first-order valence-corrected chi connectivity index (χ1v) is 17.9. The van der Waals surface area contributed by atoms with Gasteiger partial charge in [-0.2, -0.15) is 43.2 Å². The minimum Gasteiger partial charge on any atom is -0.457 e. The van der Waals surface area contributed by atoms with Gasteiger partial charge >= 0.3 is 31.3 Å². The van der Waals surface area contributed by atoms with E-state index in [1.165, 1.54) is 12.1 Å². The molecule has 0 unspecified atom stereocenters. The molecule has 0 spiro atoms. The van der Waals surface area contributed by atoms with Gasteiger partial charge in [0.2, 0.25) is 19.7 Å². The minimum atomic E-state index is -6.08. The summed E-state index contributed by atoms with van der Waals surface area (Å²) in [5.74, 6) is -1.97. The Labute approximate surface area is 263 Å². The van der Waals surface area contributed by atoms with Crippen LogP contribution in [0.1, 0.15) is 0 Å². The second kappa shape index (κ2) is 12.4. The zero-order chi connectivity index (χ0) is 35.1. The SMILES string of the molecule is O=S(=O)(c1ccc(Oc2cccc(S(=O)(=O)c3cccc(OS(=O)(=O)C(F)(F)F)c3)c2)cc1)c1cccc(OS(=O)(=O)C(F)(F)F)c1. The fourth-order valence-corrected chi connectivity index (χ4v) is 7.06. The molecule has 0 atom stereocenters. The van der Waals surface area contributed by atoms with Crippen molar-refractivity contribution in [3.8, 4) is 23.0 Å². The normalized spacial score (nSPS) is 13.1. The molecular formula is C26H16F6O11S4. The van der Waals surface area contributed by atoms with E-state index in [0.29, 0.717) is 12.1 Å². The quantitative estimate of drug-likeness (QED) is 0.113. The molecule has 4 rings (SSSR count). The number of halogens is 6. The lowest BCUT2D eigenvalue weighted by Crippen LogP contribution is -2.28. The average Bonchev–Trinajstić information content (AvgIpc) is 2.96. The topological polar surface area (TPSA) is 164 Å². The number of ether oxygens (including phenoxy) is 1. The third-order valence-corrected chi connectivity index (χ3v) is 11.2. The molecule has 21 heteroatoms. The highest BCUT2D eigenvalue weighted by molar-refractivity contribution is 7.92. The molecule has 0 bridgehead atoms. The highest BCUT2D eigenvalue weighted by Gasteiger charge is 2.49. The van der Waals surface area contributed by atoms with Gasteiger partial charge in [-0.1, -0.05) is 18.2 Å². The molecule has 0 heterocycles. The van der Waals surface area contributed by atoms with Crippen molar-refractivity contribution in [2.45, 2.75) is 30.6 Å². The number of hydrogen-bond acceptors (Lipinski definition) is 11. The Bertz CT molecular complexity index is 2250. The molecule has 0 N–H and O–H groups in total. The van der Waals surface area contributed by atoms with E-state index in [0.717, 1.165) is 72.8 Å². The van der Waals surface area contributed by atoms with E-state index in [9.17, 15) is 60.0 Å². The third-order valence-electron chi connectivity index (χ3n) is 5.70. The fourth-order valence-electron chi connectivity index (χ4n) is 3.53. The Morgan fingerprint density at radius 3 is 1.13 bits per heavy atom. The largest absolute Gasteiger partial charge is 0.534 e. The standard InChI is InChI=1S/C26H16F6O11S4/c27-25(28,29)46(37,38)42-19-5-2-8-23(15-19)44(33,34)21-12-10-17(11-13-21)41-18-4-1-7-22(14-18)45(35,36)24-9-3-6-20(16-24)43-47(39,40)26(30,31)32/h1-16H. The number of hydrogen-bond donors (Lipinski definition) is 0. The lowest BCUT2D eigenvalue weighted by molar-refractivity contribution is -0.0504. The molecule has 47 heavy (non-hydrogen) atoms. The van der Waals surface area contributed by atoms with Crippen LogP contribution in [0.4, 0.5) is 26.3 Å². The summed E-state index contributed by atoms with van der Waals surface area (Å²) in [6, 6.07) is 15.6. The van der Waals surface area contributed by atoms with Crippen molar-refractivity contribution in [3.63, 3.8) is 0 Å². The molecular weight excluding hydrogens is 731 g/mol. The van der Waals surface area contributed by atoms with Gasteiger partial charge in [0.1, 0.15) is 23.0 Å². The highest BCUT2D eigenvalue weighted by Crippen LogP contribution is 2.33. The van der Waals surface area contributed by atoms with Crippen LogP contribution in [0.25, 0.3) is 0 Å². The first kappa shape index (κ1) is 35.5. The zero-order valence-electron chi connectivity index (χ0n) is 22.6. The van der Waals surface area contributed by atoms with E-state index in [1.807, 2.05) is 0 Å². The number of sulfone groups is 2. The molecule has 0 aliphatic carbocycles. The Morgan fingerprint density at radius 2 is 0.745 bits per heavy atom. The summed E-state index contributed by atoms with van der Waals surface area (Å²) in [7, 11) is -21.0. The van der Waals surface area contributed by atoms with Crippen molar-refractivity contribution >= 4 is 39.9 Å². The molecule has 0 radical (unpaired) electrons. The maximum absolute atomic E-state index is 13.1. The Kier molecular flexibility index (Phi) is 9.34. The third kappa shape index (κ3) is 7.80. The molecule has 0 fully saturated rings. The molecule has 11 nitrogen and oxygen atoms in total. The number of alkyl halides is 6. The molecule has 4 aromatic rings. The molecule has 0 aliphatic heterocycles. The van der Waals surface area contributed by atoms with E-state index in [4.69, 9.17) is 4.74 Å². The Morgan fingerprint density at radius 1 is 0.404 bits per heavy atom. The Balaban J connectivity index is 1.54. The van der Waals surface area contributed by atoms with Gasteiger partial charge in [-0.05, 0) is 66.7 Å². The van der Waals surface area contributed by atoms with Gasteiger partial charge in [-0.3, -0.25) is 0 Å². The summed E-state index contributed by atoms with van der Waals surface area (Å²) in [5, 5.41) is 0. The van der Waals surface area contributed by atoms with Gasteiger partial charge in [0, 0.05) is 12.1 Å². The van der Waals surface area contributed by atoms with Crippen molar-refractivity contribution in [3.05, 3.63) is 97.1 Å². The molecule has 0 amide bonds. The summed E-state index contributed by atoms with van der Waals surface area (Å²) >= 11 is 0. The molecule has 0 aliphatic rings. The van der Waals surface area contributed by atoms with Crippen molar-refractivity contribution in [1.82, 2.24) is 0 Å². The van der Waals surface area contributed by atoms with Crippen LogP contribution in [-0.2, 0) is 39.9 Å². The van der Waals surface area contributed by atoms with Crippen LogP contribution in [0, 0.1) is 0 Å². The second-order valence-electron chi connectivity index (χ2n) is 8.97. The highest BCUT2D eigenvalue weighted by atomic mass is 32.2. The smallest absolute Gasteiger partial charge is 0.457 e. The average molecular weight is 747 g/mol. The van der Waals surface area contributed by atoms with E-state index in [2.05, 4.69) is 8.37 Å². The van der Waals surface area contributed by atoms with Crippen LogP contribution in [0.15, 0.2) is 117 Å². The van der Waals surface area contributed by atoms with Crippen LogP contribution in [0.2, 0.25) is 0 Å². The van der Waals surface area contributed by atoms with Crippen LogP contribution in [-0.4, -0.2) is 44.7 Å². The summed E-state index contributed by atoms with van der Waals surface area (Å²) < 4.78 is 187. The van der Waals surface area contributed by atoms with Gasteiger partial charge in [0.25, 0.3) is 0 Å². The fraction of sp³-hybridized carbons (Fsp3) is 0.0769. The minimum absolute atomic E-state index is 0.0281. The monoisotopic (exact) mass is 746 g/mol. The maximum atomic E-state index is 13.1. The second-order valence-corrected chi connectivity index (χ2v) is 15.9. The van der Waals surface area contributed by atoms with E-state index in [-0.39, 0.29) is 11.5 Å². The first-order valence-electron chi connectivity index (χ1n) is 12.1. The molecule has 0 saturated carbocycles. The van der Waals surface area contributed by atoms with E-state index >= 15 is 0 Å². The van der Waals surface area contributed by atoms with Crippen LogP contribution in [0.5, 0.6) is 23.0 Å². The van der Waals surface area contributed by atoms with Crippen LogP contribution in [0.3, 0.4) is 0 Å². The first-order chi connectivity index (χ1) is 21.5. The van der Waals surface area contributed by atoms with Gasteiger partial charge in [0.05, 0.1) is 19.6 Å². The van der Waals surface area contributed by atoms with E-state index < -0.39 is 82.0 Å². The van der Waals surface area contributed by atoms with E-state index in [1.54, 1.807) is 0 Å². The molecule has 252 valence electrons. The molecule has 4 aromatic carbocycles. The summed E-state index contributed by atoms with van der Waals surface area (Å²) in [6.45, 7) is 0. The van der Waals surface area contributed by atoms with Gasteiger partial charge < -0.3 is 13.1 Å². The lowest BCUT2D eigenvalue weighted by atomic mass is 10.3.